The van der Waals surface area contributed by atoms with E-state index in [4.69, 9.17) is 9.47 Å². The van der Waals surface area contributed by atoms with Gasteiger partial charge in [-0.2, -0.15) is 0 Å². The van der Waals surface area contributed by atoms with Crippen molar-refractivity contribution in [1.82, 2.24) is 0 Å². The van der Waals surface area contributed by atoms with Gasteiger partial charge in [-0.1, -0.05) is 0 Å². The third-order valence-electron chi connectivity index (χ3n) is 2.96. The quantitative estimate of drug-likeness (QED) is 0.860. The first-order valence-corrected chi connectivity index (χ1v) is 6.76. The van der Waals surface area contributed by atoms with Gasteiger partial charge in [-0.25, -0.2) is 0 Å². The lowest BCUT2D eigenvalue weighted by molar-refractivity contribution is -0.114. The molecule has 114 valence electrons. The van der Waals surface area contributed by atoms with Crippen LogP contribution in [0.2, 0.25) is 0 Å². The lowest BCUT2D eigenvalue weighted by atomic mass is 10.2. The molecular weight excluding hydrogens is 280 g/mol. The number of nitrogens with one attached hydrogen (secondary N) is 1. The Morgan fingerprint density at radius 1 is 1.05 bits per heavy atom. The van der Waals surface area contributed by atoms with Crippen LogP contribution in [0.15, 0.2) is 47.5 Å². The Morgan fingerprint density at radius 3 is 2.32 bits per heavy atom. The lowest BCUT2D eigenvalue weighted by Gasteiger charge is -2.07. The molecule has 5 nitrogen and oxygen atoms in total. The number of benzene rings is 2. The summed E-state index contributed by atoms with van der Waals surface area (Å²) in [6, 6.07) is 12.9. The molecule has 0 heterocycles. The van der Waals surface area contributed by atoms with E-state index in [-0.39, 0.29) is 5.91 Å². The Labute approximate surface area is 129 Å². The third kappa shape index (κ3) is 4.09. The number of hydrogen-bond acceptors (Lipinski definition) is 4. The van der Waals surface area contributed by atoms with Gasteiger partial charge in [0.05, 0.1) is 19.9 Å². The smallest absolute Gasteiger partial charge is 0.221 e. The minimum atomic E-state index is -0.0958. The Kier molecular flexibility index (Phi) is 5.14. The van der Waals surface area contributed by atoms with Crippen molar-refractivity contribution in [3.05, 3.63) is 48.0 Å². The van der Waals surface area contributed by atoms with E-state index in [1.54, 1.807) is 20.4 Å². The number of amides is 1. The van der Waals surface area contributed by atoms with E-state index in [2.05, 4.69) is 10.3 Å². The fraction of sp³-hybridized carbons (Fsp3) is 0.176. The average molecular weight is 298 g/mol. The van der Waals surface area contributed by atoms with E-state index in [1.807, 2.05) is 42.5 Å². The first-order valence-electron chi connectivity index (χ1n) is 6.76. The summed E-state index contributed by atoms with van der Waals surface area (Å²) in [5.41, 5.74) is 2.45. The summed E-state index contributed by atoms with van der Waals surface area (Å²) in [6.45, 7) is 1.48. The van der Waals surface area contributed by atoms with Crippen LogP contribution in [0.4, 0.5) is 11.4 Å². The van der Waals surface area contributed by atoms with Crippen molar-refractivity contribution in [2.75, 3.05) is 19.5 Å². The van der Waals surface area contributed by atoms with Gasteiger partial charge in [-0.3, -0.25) is 9.79 Å². The maximum absolute atomic E-state index is 11.0. The number of ether oxygens (including phenoxy) is 2. The fourth-order valence-electron chi connectivity index (χ4n) is 1.92. The van der Waals surface area contributed by atoms with Crippen molar-refractivity contribution in [3.63, 3.8) is 0 Å². The molecule has 0 atom stereocenters. The van der Waals surface area contributed by atoms with Crippen LogP contribution in [-0.2, 0) is 4.79 Å². The van der Waals surface area contributed by atoms with Gasteiger partial charge in [-0.05, 0) is 48.0 Å². The van der Waals surface area contributed by atoms with Crippen molar-refractivity contribution < 1.29 is 14.3 Å². The SMILES string of the molecule is COc1ccc(C=Nc2ccc(NC(C)=O)cc2)cc1OC. The number of nitrogens with zero attached hydrogens (tertiary/aromatic N) is 1. The molecule has 22 heavy (non-hydrogen) atoms. The van der Waals surface area contributed by atoms with Crippen LogP contribution in [0.5, 0.6) is 11.5 Å². The second kappa shape index (κ2) is 7.26. The Bertz CT molecular complexity index is 679. The number of anilines is 1. The highest BCUT2D eigenvalue weighted by Crippen LogP contribution is 2.27. The molecule has 0 aromatic heterocycles. The standard InChI is InChI=1S/C17H18N2O3/c1-12(20)19-15-7-5-14(6-8-15)18-11-13-4-9-16(21-2)17(10-13)22-3/h4-11H,1-3H3,(H,19,20). The summed E-state index contributed by atoms with van der Waals surface area (Å²) in [7, 11) is 3.20. The number of hydrogen-bond donors (Lipinski definition) is 1. The molecule has 0 aliphatic heterocycles. The molecule has 0 saturated carbocycles. The van der Waals surface area contributed by atoms with Crippen LogP contribution < -0.4 is 14.8 Å². The highest BCUT2D eigenvalue weighted by Gasteiger charge is 2.03. The van der Waals surface area contributed by atoms with Crippen LogP contribution in [0.3, 0.4) is 0 Å². The Hall–Kier alpha value is -2.82. The highest BCUT2D eigenvalue weighted by molar-refractivity contribution is 5.89. The van der Waals surface area contributed by atoms with Crippen LogP contribution in [0.1, 0.15) is 12.5 Å². The van der Waals surface area contributed by atoms with Gasteiger partial charge in [0.25, 0.3) is 0 Å². The summed E-state index contributed by atoms with van der Waals surface area (Å²) < 4.78 is 10.4. The molecule has 0 fully saturated rings. The second-order valence-corrected chi connectivity index (χ2v) is 4.60. The first kappa shape index (κ1) is 15.6. The van der Waals surface area contributed by atoms with Gasteiger partial charge in [0.15, 0.2) is 11.5 Å². The van der Waals surface area contributed by atoms with E-state index < -0.39 is 0 Å². The number of methoxy groups -OCH3 is 2. The predicted molar refractivity (Wildman–Crippen MR) is 87.5 cm³/mol. The minimum absolute atomic E-state index is 0.0958. The van der Waals surface area contributed by atoms with Crippen LogP contribution in [0, 0.1) is 0 Å². The topological polar surface area (TPSA) is 59.9 Å². The van der Waals surface area contributed by atoms with Crippen molar-refractivity contribution in [3.8, 4) is 11.5 Å². The first-order chi connectivity index (χ1) is 10.6. The molecule has 1 amide bonds. The Balaban J connectivity index is 2.12. The molecular formula is C17H18N2O3. The number of carbonyl (C=O) groups is 1. The molecule has 0 radical (unpaired) electrons. The maximum atomic E-state index is 11.0. The van der Waals surface area contributed by atoms with Crippen molar-refractivity contribution >= 4 is 23.5 Å². The molecule has 2 aromatic carbocycles. The van der Waals surface area contributed by atoms with Crippen LogP contribution in [0.25, 0.3) is 0 Å². The van der Waals surface area contributed by atoms with E-state index in [1.165, 1.54) is 6.92 Å². The van der Waals surface area contributed by atoms with Crippen LogP contribution >= 0.6 is 0 Å². The lowest BCUT2D eigenvalue weighted by Crippen LogP contribution is -2.04. The minimum Gasteiger partial charge on any atom is -0.493 e. The van der Waals surface area contributed by atoms with Gasteiger partial charge in [0.2, 0.25) is 5.91 Å². The fourth-order valence-corrected chi connectivity index (χ4v) is 1.92. The third-order valence-corrected chi connectivity index (χ3v) is 2.96. The van der Waals surface area contributed by atoms with E-state index in [9.17, 15) is 4.79 Å². The molecule has 0 unspecified atom stereocenters. The Morgan fingerprint density at radius 2 is 1.73 bits per heavy atom. The van der Waals surface area contributed by atoms with Gasteiger partial charge < -0.3 is 14.8 Å². The molecule has 0 aliphatic carbocycles. The van der Waals surface area contributed by atoms with Gasteiger partial charge in [0, 0.05) is 18.8 Å². The predicted octanol–water partition coefficient (Wildman–Crippen LogP) is 3.41. The number of aliphatic imine (C=N–C) groups is 1. The molecule has 2 rings (SSSR count). The summed E-state index contributed by atoms with van der Waals surface area (Å²) in [4.78, 5) is 15.4. The number of rotatable bonds is 5. The summed E-state index contributed by atoms with van der Waals surface area (Å²) in [5, 5.41) is 2.71. The van der Waals surface area contributed by atoms with E-state index in [0.29, 0.717) is 11.5 Å². The van der Waals surface area contributed by atoms with Gasteiger partial charge in [-0.15, -0.1) is 0 Å². The molecule has 0 spiro atoms. The molecule has 2 aromatic rings. The summed E-state index contributed by atoms with van der Waals surface area (Å²) in [5.74, 6) is 1.24. The second-order valence-electron chi connectivity index (χ2n) is 4.60. The molecule has 5 heteroatoms. The molecule has 0 bridgehead atoms. The van der Waals surface area contributed by atoms with Gasteiger partial charge in [0.1, 0.15) is 0 Å². The van der Waals surface area contributed by atoms with Crippen molar-refractivity contribution in [2.24, 2.45) is 4.99 Å². The van der Waals surface area contributed by atoms with Crippen molar-refractivity contribution in [1.29, 1.82) is 0 Å². The normalized spacial score (nSPS) is 10.5. The molecule has 1 N–H and O–H groups in total. The summed E-state index contributed by atoms with van der Waals surface area (Å²) in [6.07, 6.45) is 1.75. The van der Waals surface area contributed by atoms with Gasteiger partial charge >= 0.3 is 0 Å². The molecule has 0 aliphatic rings. The zero-order valence-corrected chi connectivity index (χ0v) is 12.8. The average Bonchev–Trinajstić information content (AvgIpc) is 2.53. The van der Waals surface area contributed by atoms with E-state index >= 15 is 0 Å². The number of carbonyl (C=O) groups excluding carboxylic acids is 1. The zero-order chi connectivity index (χ0) is 15.9. The molecule has 0 saturated heterocycles. The van der Waals surface area contributed by atoms with Crippen molar-refractivity contribution in [2.45, 2.75) is 6.92 Å². The monoisotopic (exact) mass is 298 g/mol. The van der Waals surface area contributed by atoms with Crippen LogP contribution in [-0.4, -0.2) is 26.3 Å². The highest BCUT2D eigenvalue weighted by atomic mass is 16.5. The zero-order valence-electron chi connectivity index (χ0n) is 12.8. The van der Waals surface area contributed by atoms with E-state index in [0.717, 1.165) is 16.9 Å². The largest absolute Gasteiger partial charge is 0.493 e. The summed E-state index contributed by atoms with van der Waals surface area (Å²) >= 11 is 0. The maximum Gasteiger partial charge on any atom is 0.221 e.